The summed E-state index contributed by atoms with van der Waals surface area (Å²) in [6, 6.07) is 1.89. The van der Waals surface area contributed by atoms with Crippen LogP contribution in [-0.4, -0.2) is 48.5 Å². The predicted molar refractivity (Wildman–Crippen MR) is 71.7 cm³/mol. The lowest BCUT2D eigenvalue weighted by atomic mass is 10.1. The highest BCUT2D eigenvalue weighted by Crippen LogP contribution is 2.18. The Balaban J connectivity index is 2.81. The highest BCUT2D eigenvalue weighted by Gasteiger charge is 2.12. The van der Waals surface area contributed by atoms with Crippen LogP contribution in [0.15, 0.2) is 6.07 Å². The zero-order chi connectivity index (χ0) is 13.7. The molecular formula is C12H22N4O2. The van der Waals surface area contributed by atoms with Gasteiger partial charge in [-0.25, -0.2) is 4.98 Å². The summed E-state index contributed by atoms with van der Waals surface area (Å²) in [6.45, 7) is 4.82. The molecule has 0 unspecified atom stereocenters. The Morgan fingerprint density at radius 2 is 2.11 bits per heavy atom. The quantitative estimate of drug-likeness (QED) is 0.774. The third-order valence-electron chi connectivity index (χ3n) is 2.58. The van der Waals surface area contributed by atoms with E-state index in [0.717, 1.165) is 5.69 Å². The van der Waals surface area contributed by atoms with E-state index < -0.39 is 6.10 Å². The van der Waals surface area contributed by atoms with Gasteiger partial charge in [0, 0.05) is 26.8 Å². The van der Waals surface area contributed by atoms with E-state index >= 15 is 0 Å². The average molecular weight is 254 g/mol. The maximum atomic E-state index is 9.69. The standard InChI is InChI=1S/C12H22N4O2/c1-8(2)10-5-11(15-12(13)14-10)16(3)6-9(17)7-18-4/h5,8-9,17H,6-7H2,1-4H3,(H2,13,14,15)/t9-/m1/s1. The number of likely N-dealkylation sites (N-methyl/N-ethyl adjacent to an activating group) is 1. The van der Waals surface area contributed by atoms with Gasteiger partial charge in [0.2, 0.25) is 5.95 Å². The molecule has 0 spiro atoms. The lowest BCUT2D eigenvalue weighted by Gasteiger charge is -2.22. The van der Waals surface area contributed by atoms with Crippen LogP contribution in [0, 0.1) is 0 Å². The molecule has 1 atom stereocenters. The molecule has 3 N–H and O–H groups in total. The molecule has 102 valence electrons. The number of aliphatic hydroxyl groups is 1. The van der Waals surface area contributed by atoms with E-state index in [1.807, 2.05) is 31.9 Å². The van der Waals surface area contributed by atoms with Crippen LogP contribution in [0.1, 0.15) is 25.5 Å². The smallest absolute Gasteiger partial charge is 0.222 e. The molecule has 1 rings (SSSR count). The maximum Gasteiger partial charge on any atom is 0.222 e. The van der Waals surface area contributed by atoms with Crippen molar-refractivity contribution < 1.29 is 9.84 Å². The molecule has 0 saturated carbocycles. The van der Waals surface area contributed by atoms with Gasteiger partial charge in [-0.3, -0.25) is 0 Å². The Hall–Kier alpha value is -1.40. The summed E-state index contributed by atoms with van der Waals surface area (Å²) in [7, 11) is 3.41. The molecule has 0 amide bonds. The van der Waals surface area contributed by atoms with Crippen LogP contribution in [0.4, 0.5) is 11.8 Å². The molecule has 1 aromatic rings. The fourth-order valence-electron chi connectivity index (χ4n) is 1.62. The number of aliphatic hydroxyl groups excluding tert-OH is 1. The number of ether oxygens (including phenoxy) is 1. The van der Waals surface area contributed by atoms with Crippen molar-refractivity contribution in [3.8, 4) is 0 Å². The summed E-state index contributed by atoms with van der Waals surface area (Å²) in [4.78, 5) is 10.2. The van der Waals surface area contributed by atoms with Crippen LogP contribution in [-0.2, 0) is 4.74 Å². The molecule has 0 fully saturated rings. The molecule has 0 radical (unpaired) electrons. The number of hydrogen-bond donors (Lipinski definition) is 2. The Morgan fingerprint density at radius 1 is 1.44 bits per heavy atom. The topological polar surface area (TPSA) is 84.5 Å². The third kappa shape index (κ3) is 4.12. The van der Waals surface area contributed by atoms with Gasteiger partial charge in [-0.15, -0.1) is 0 Å². The summed E-state index contributed by atoms with van der Waals surface area (Å²) in [5, 5.41) is 9.69. The predicted octanol–water partition coefficient (Wildman–Crippen LogP) is 0.626. The van der Waals surface area contributed by atoms with E-state index in [-0.39, 0.29) is 11.9 Å². The van der Waals surface area contributed by atoms with Crippen molar-refractivity contribution in [2.24, 2.45) is 0 Å². The molecule has 0 aliphatic carbocycles. The fourth-order valence-corrected chi connectivity index (χ4v) is 1.62. The first-order valence-electron chi connectivity index (χ1n) is 5.96. The summed E-state index contributed by atoms with van der Waals surface area (Å²) in [5.74, 6) is 1.25. The minimum absolute atomic E-state index is 0.254. The summed E-state index contributed by atoms with van der Waals surface area (Å²) < 4.78 is 4.89. The summed E-state index contributed by atoms with van der Waals surface area (Å²) in [5.41, 5.74) is 6.58. The van der Waals surface area contributed by atoms with Gasteiger partial charge < -0.3 is 20.5 Å². The molecule has 0 saturated heterocycles. The van der Waals surface area contributed by atoms with Gasteiger partial charge in [-0.1, -0.05) is 13.8 Å². The number of nitrogens with zero attached hydrogens (tertiary/aromatic N) is 3. The molecule has 18 heavy (non-hydrogen) atoms. The maximum absolute atomic E-state index is 9.69. The van der Waals surface area contributed by atoms with E-state index in [1.165, 1.54) is 0 Å². The number of anilines is 2. The van der Waals surface area contributed by atoms with Crippen LogP contribution in [0.5, 0.6) is 0 Å². The van der Waals surface area contributed by atoms with E-state index in [1.54, 1.807) is 7.11 Å². The zero-order valence-corrected chi connectivity index (χ0v) is 11.4. The number of aromatic nitrogens is 2. The summed E-state index contributed by atoms with van der Waals surface area (Å²) >= 11 is 0. The molecule has 6 heteroatoms. The van der Waals surface area contributed by atoms with E-state index in [4.69, 9.17) is 10.5 Å². The summed E-state index contributed by atoms with van der Waals surface area (Å²) in [6.07, 6.45) is -0.557. The molecule has 1 heterocycles. The Morgan fingerprint density at radius 3 is 2.67 bits per heavy atom. The van der Waals surface area contributed by atoms with Crippen molar-refractivity contribution in [1.82, 2.24) is 9.97 Å². The molecule has 1 aromatic heterocycles. The monoisotopic (exact) mass is 254 g/mol. The van der Waals surface area contributed by atoms with Crippen LogP contribution in [0.3, 0.4) is 0 Å². The van der Waals surface area contributed by atoms with E-state index in [9.17, 15) is 5.11 Å². The normalized spacial score (nSPS) is 12.8. The van der Waals surface area contributed by atoms with Gasteiger partial charge in [0.15, 0.2) is 0 Å². The van der Waals surface area contributed by atoms with Gasteiger partial charge >= 0.3 is 0 Å². The fraction of sp³-hybridized carbons (Fsp3) is 0.667. The van der Waals surface area contributed by atoms with Gasteiger partial charge in [0.25, 0.3) is 0 Å². The largest absolute Gasteiger partial charge is 0.389 e. The Labute approximate surface area is 108 Å². The van der Waals surface area contributed by atoms with Gasteiger partial charge in [0.05, 0.1) is 18.4 Å². The zero-order valence-electron chi connectivity index (χ0n) is 11.4. The van der Waals surface area contributed by atoms with Gasteiger partial charge in [-0.05, 0) is 5.92 Å². The van der Waals surface area contributed by atoms with Crippen LogP contribution in [0.25, 0.3) is 0 Å². The Kier molecular flexibility index (Phi) is 5.30. The lowest BCUT2D eigenvalue weighted by Crippen LogP contribution is -2.32. The first kappa shape index (κ1) is 14.7. The molecule has 0 bridgehead atoms. The highest BCUT2D eigenvalue weighted by molar-refractivity contribution is 5.43. The third-order valence-corrected chi connectivity index (χ3v) is 2.58. The van der Waals surface area contributed by atoms with Gasteiger partial charge in [0.1, 0.15) is 5.82 Å². The first-order valence-corrected chi connectivity index (χ1v) is 5.96. The van der Waals surface area contributed by atoms with E-state index in [2.05, 4.69) is 9.97 Å². The van der Waals surface area contributed by atoms with Crippen molar-refractivity contribution in [1.29, 1.82) is 0 Å². The van der Waals surface area contributed by atoms with Crippen molar-refractivity contribution in [3.63, 3.8) is 0 Å². The number of hydrogen-bond acceptors (Lipinski definition) is 6. The molecule has 0 aliphatic heterocycles. The number of rotatable bonds is 6. The van der Waals surface area contributed by atoms with Crippen molar-refractivity contribution in [2.45, 2.75) is 25.9 Å². The van der Waals surface area contributed by atoms with Crippen molar-refractivity contribution >= 4 is 11.8 Å². The average Bonchev–Trinajstić information content (AvgIpc) is 2.28. The van der Waals surface area contributed by atoms with Crippen LogP contribution >= 0.6 is 0 Å². The SMILES string of the molecule is COC[C@H](O)CN(C)c1cc(C(C)C)nc(N)n1. The van der Waals surface area contributed by atoms with Crippen molar-refractivity contribution in [2.75, 3.05) is 37.9 Å². The second kappa shape index (κ2) is 6.51. The van der Waals surface area contributed by atoms with Crippen LogP contribution in [0.2, 0.25) is 0 Å². The second-order valence-corrected chi connectivity index (χ2v) is 4.65. The highest BCUT2D eigenvalue weighted by atomic mass is 16.5. The minimum atomic E-state index is -0.557. The molecule has 0 aliphatic rings. The number of nitrogen functional groups attached to an aromatic ring is 1. The molecular weight excluding hydrogens is 232 g/mol. The van der Waals surface area contributed by atoms with E-state index in [0.29, 0.717) is 19.0 Å². The van der Waals surface area contributed by atoms with Gasteiger partial charge in [-0.2, -0.15) is 4.98 Å². The lowest BCUT2D eigenvalue weighted by molar-refractivity contribution is 0.0694. The number of nitrogens with two attached hydrogens (primary N) is 1. The first-order chi connectivity index (χ1) is 8.43. The Bertz CT molecular complexity index is 384. The molecule has 0 aromatic carbocycles. The second-order valence-electron chi connectivity index (χ2n) is 4.65. The number of methoxy groups -OCH3 is 1. The minimum Gasteiger partial charge on any atom is -0.389 e. The van der Waals surface area contributed by atoms with Crippen LogP contribution < -0.4 is 10.6 Å². The molecule has 6 nitrogen and oxygen atoms in total. The van der Waals surface area contributed by atoms with Crippen molar-refractivity contribution in [3.05, 3.63) is 11.8 Å².